The van der Waals surface area contributed by atoms with E-state index in [4.69, 9.17) is 9.47 Å². The van der Waals surface area contributed by atoms with Crippen LogP contribution in [0.5, 0.6) is 11.5 Å². The molecule has 4 amide bonds. The van der Waals surface area contributed by atoms with Crippen molar-refractivity contribution in [2.24, 2.45) is 0 Å². The van der Waals surface area contributed by atoms with Gasteiger partial charge in [-0.05, 0) is 42.8 Å². The van der Waals surface area contributed by atoms with Crippen molar-refractivity contribution in [2.45, 2.75) is 6.92 Å². The van der Waals surface area contributed by atoms with Gasteiger partial charge in [-0.25, -0.2) is 14.1 Å². The number of barbiturate groups is 1. The molecule has 28 heavy (non-hydrogen) atoms. The van der Waals surface area contributed by atoms with Gasteiger partial charge in [0.05, 0.1) is 19.4 Å². The van der Waals surface area contributed by atoms with Gasteiger partial charge in [-0.15, -0.1) is 0 Å². The van der Waals surface area contributed by atoms with E-state index in [0.717, 1.165) is 6.07 Å². The molecule has 1 N–H and O–H groups in total. The fraction of sp³-hybridized carbons (Fsp3) is 0.150. The van der Waals surface area contributed by atoms with Gasteiger partial charge in [0.15, 0.2) is 11.5 Å². The third-order valence-electron chi connectivity index (χ3n) is 3.99. The highest BCUT2D eigenvalue weighted by molar-refractivity contribution is 6.39. The van der Waals surface area contributed by atoms with E-state index in [1.54, 1.807) is 25.1 Å². The molecule has 1 heterocycles. The standard InChI is InChI=1S/C20H17FN2O5/c1-3-28-17-11-12(8-9-16(17)27-2)10-13-18(24)22-20(26)23(19(13)25)15-7-5-4-6-14(15)21/h4-11H,3H2,1-2H3,(H,22,24,26)/b13-10-. The van der Waals surface area contributed by atoms with E-state index >= 15 is 0 Å². The van der Waals surface area contributed by atoms with Crippen molar-refractivity contribution in [3.05, 3.63) is 59.4 Å². The molecule has 7 nitrogen and oxygen atoms in total. The van der Waals surface area contributed by atoms with E-state index in [2.05, 4.69) is 5.32 Å². The molecule has 0 atom stereocenters. The first-order valence-corrected chi connectivity index (χ1v) is 8.43. The van der Waals surface area contributed by atoms with Gasteiger partial charge < -0.3 is 9.47 Å². The van der Waals surface area contributed by atoms with E-state index in [0.29, 0.717) is 28.6 Å². The summed E-state index contributed by atoms with van der Waals surface area (Å²) in [7, 11) is 1.49. The van der Waals surface area contributed by atoms with Gasteiger partial charge in [0.1, 0.15) is 11.4 Å². The summed E-state index contributed by atoms with van der Waals surface area (Å²) in [6.07, 6.45) is 1.31. The number of para-hydroxylation sites is 1. The number of carbonyl (C=O) groups is 3. The van der Waals surface area contributed by atoms with Crippen molar-refractivity contribution in [1.82, 2.24) is 5.32 Å². The van der Waals surface area contributed by atoms with Crippen molar-refractivity contribution >= 4 is 29.6 Å². The molecule has 3 rings (SSSR count). The molecule has 1 aliphatic rings. The fourth-order valence-corrected chi connectivity index (χ4v) is 2.73. The minimum absolute atomic E-state index is 0.242. The molecule has 2 aromatic carbocycles. The highest BCUT2D eigenvalue weighted by atomic mass is 19.1. The van der Waals surface area contributed by atoms with E-state index < -0.39 is 23.7 Å². The Morgan fingerprint density at radius 3 is 2.54 bits per heavy atom. The van der Waals surface area contributed by atoms with Crippen LogP contribution in [0.2, 0.25) is 0 Å². The van der Waals surface area contributed by atoms with Crippen LogP contribution >= 0.6 is 0 Å². The third kappa shape index (κ3) is 3.57. The highest BCUT2D eigenvalue weighted by Gasteiger charge is 2.37. The number of halogens is 1. The SMILES string of the molecule is CCOc1cc(/C=C2/C(=O)NC(=O)N(c3ccccc3F)C2=O)ccc1OC. The lowest BCUT2D eigenvalue weighted by atomic mass is 10.1. The molecule has 144 valence electrons. The number of carbonyl (C=O) groups excluding carboxylic acids is 3. The number of urea groups is 1. The van der Waals surface area contributed by atoms with Gasteiger partial charge in [-0.1, -0.05) is 18.2 Å². The van der Waals surface area contributed by atoms with Crippen molar-refractivity contribution < 1.29 is 28.2 Å². The lowest BCUT2D eigenvalue weighted by Gasteiger charge is -2.26. The summed E-state index contributed by atoms with van der Waals surface area (Å²) in [4.78, 5) is 37.7. The molecule has 8 heteroatoms. The van der Waals surface area contributed by atoms with Crippen molar-refractivity contribution in [3.8, 4) is 11.5 Å². The Bertz CT molecular complexity index is 986. The van der Waals surface area contributed by atoms with Gasteiger partial charge in [-0.3, -0.25) is 14.9 Å². The maximum Gasteiger partial charge on any atom is 0.336 e. The maximum absolute atomic E-state index is 14.1. The van der Waals surface area contributed by atoms with E-state index in [9.17, 15) is 18.8 Å². The molecule has 0 radical (unpaired) electrons. The average molecular weight is 384 g/mol. The van der Waals surface area contributed by atoms with Crippen molar-refractivity contribution in [3.63, 3.8) is 0 Å². The van der Waals surface area contributed by atoms with Gasteiger partial charge in [0.25, 0.3) is 11.8 Å². The Kier molecular flexibility index (Phi) is 5.39. The van der Waals surface area contributed by atoms with Crippen LogP contribution < -0.4 is 19.7 Å². The number of hydrogen-bond donors (Lipinski definition) is 1. The summed E-state index contributed by atoms with van der Waals surface area (Å²) in [6.45, 7) is 2.20. The number of amides is 4. The van der Waals surface area contributed by atoms with Crippen LogP contribution in [0.1, 0.15) is 12.5 Å². The number of anilines is 1. The molecular formula is C20H17FN2O5. The van der Waals surface area contributed by atoms with Crippen LogP contribution in [0.15, 0.2) is 48.0 Å². The molecule has 0 saturated carbocycles. The largest absolute Gasteiger partial charge is 0.493 e. The lowest BCUT2D eigenvalue weighted by Crippen LogP contribution is -2.54. The summed E-state index contributed by atoms with van der Waals surface area (Å²) in [5.41, 5.74) is -0.0748. The Labute approximate surface area is 160 Å². The quantitative estimate of drug-likeness (QED) is 0.633. The molecule has 1 fully saturated rings. The zero-order valence-corrected chi connectivity index (χ0v) is 15.2. The average Bonchev–Trinajstić information content (AvgIpc) is 2.67. The summed E-state index contributed by atoms with van der Waals surface area (Å²) < 4.78 is 24.8. The molecule has 1 aliphatic heterocycles. The smallest absolute Gasteiger partial charge is 0.336 e. The monoisotopic (exact) mass is 384 g/mol. The zero-order valence-electron chi connectivity index (χ0n) is 15.2. The van der Waals surface area contributed by atoms with Crippen LogP contribution in [0.25, 0.3) is 6.08 Å². The number of methoxy groups -OCH3 is 1. The van der Waals surface area contributed by atoms with Crippen molar-refractivity contribution in [2.75, 3.05) is 18.6 Å². The Morgan fingerprint density at radius 2 is 1.86 bits per heavy atom. The molecule has 0 aromatic heterocycles. The summed E-state index contributed by atoms with van der Waals surface area (Å²) in [5.74, 6) is -1.62. The minimum atomic E-state index is -1.01. The molecular weight excluding hydrogens is 367 g/mol. The molecule has 0 aliphatic carbocycles. The van der Waals surface area contributed by atoms with Gasteiger partial charge in [-0.2, -0.15) is 0 Å². The normalized spacial score (nSPS) is 15.6. The fourth-order valence-electron chi connectivity index (χ4n) is 2.73. The topological polar surface area (TPSA) is 84.9 Å². The maximum atomic E-state index is 14.1. The molecule has 0 spiro atoms. The van der Waals surface area contributed by atoms with Crippen LogP contribution in [0.4, 0.5) is 14.9 Å². The van der Waals surface area contributed by atoms with E-state index in [-0.39, 0.29) is 11.3 Å². The van der Waals surface area contributed by atoms with Crippen LogP contribution in [0.3, 0.4) is 0 Å². The second-order valence-electron chi connectivity index (χ2n) is 5.75. The number of hydrogen-bond acceptors (Lipinski definition) is 5. The Hall–Kier alpha value is -3.68. The first-order chi connectivity index (χ1) is 13.5. The summed E-state index contributed by atoms with van der Waals surface area (Å²) in [5, 5.41) is 2.05. The van der Waals surface area contributed by atoms with Gasteiger partial charge >= 0.3 is 6.03 Å². The predicted octanol–water partition coefficient (Wildman–Crippen LogP) is 2.90. The van der Waals surface area contributed by atoms with E-state index in [1.807, 2.05) is 0 Å². The summed E-state index contributed by atoms with van der Waals surface area (Å²) in [6, 6.07) is 9.15. The highest BCUT2D eigenvalue weighted by Crippen LogP contribution is 2.30. The number of nitrogens with one attached hydrogen (secondary N) is 1. The molecule has 0 bridgehead atoms. The van der Waals surface area contributed by atoms with Crippen molar-refractivity contribution in [1.29, 1.82) is 0 Å². The number of benzene rings is 2. The number of imide groups is 2. The number of ether oxygens (including phenoxy) is 2. The first-order valence-electron chi connectivity index (χ1n) is 8.43. The van der Waals surface area contributed by atoms with E-state index in [1.165, 1.54) is 31.4 Å². The minimum Gasteiger partial charge on any atom is -0.493 e. The lowest BCUT2D eigenvalue weighted by molar-refractivity contribution is -0.122. The Balaban J connectivity index is 2.02. The van der Waals surface area contributed by atoms with Crippen LogP contribution in [0, 0.1) is 5.82 Å². The van der Waals surface area contributed by atoms with Gasteiger partial charge in [0, 0.05) is 0 Å². The predicted molar refractivity (Wildman–Crippen MR) is 99.6 cm³/mol. The number of nitrogens with zero attached hydrogens (tertiary/aromatic N) is 1. The van der Waals surface area contributed by atoms with Crippen LogP contribution in [-0.2, 0) is 9.59 Å². The second kappa shape index (κ2) is 7.91. The zero-order chi connectivity index (χ0) is 20.3. The molecule has 0 unspecified atom stereocenters. The molecule has 2 aromatic rings. The molecule has 1 saturated heterocycles. The van der Waals surface area contributed by atoms with Crippen LogP contribution in [-0.4, -0.2) is 31.6 Å². The van der Waals surface area contributed by atoms with Gasteiger partial charge in [0.2, 0.25) is 0 Å². The third-order valence-corrected chi connectivity index (χ3v) is 3.99. The summed E-state index contributed by atoms with van der Waals surface area (Å²) >= 11 is 0. The Morgan fingerprint density at radius 1 is 1.11 bits per heavy atom. The first kappa shape index (κ1) is 19.1. The number of rotatable bonds is 5. The second-order valence-corrected chi connectivity index (χ2v) is 5.75.